The van der Waals surface area contributed by atoms with Crippen LogP contribution in [0.15, 0.2) is 24.3 Å². The van der Waals surface area contributed by atoms with E-state index in [1.54, 1.807) is 12.1 Å². The molecule has 2 rings (SSSR count). The summed E-state index contributed by atoms with van der Waals surface area (Å²) < 4.78 is 0. The molecule has 20 heavy (non-hydrogen) atoms. The maximum absolute atomic E-state index is 8.93. The molecule has 0 radical (unpaired) electrons. The zero-order chi connectivity index (χ0) is 14.5. The van der Waals surface area contributed by atoms with Crippen LogP contribution in [0.2, 0.25) is 0 Å². The minimum atomic E-state index is 0.617. The Bertz CT molecular complexity index is 658. The van der Waals surface area contributed by atoms with Gasteiger partial charge in [0.15, 0.2) is 0 Å². The summed E-state index contributed by atoms with van der Waals surface area (Å²) in [6, 6.07) is 9.45. The molecule has 0 unspecified atom stereocenters. The summed E-state index contributed by atoms with van der Waals surface area (Å²) in [5.41, 5.74) is 2.41. The standard InChI is InChI=1S/C15H17N5/c1-4-13-19-14(17-3)10(2)15(20-13)18-12-7-5-6-11(8-12)9-16/h5-8H,4H2,1-3H3,(H2,17,18,19,20). The summed E-state index contributed by atoms with van der Waals surface area (Å²) in [5, 5.41) is 15.3. The van der Waals surface area contributed by atoms with Crippen LogP contribution in [0.1, 0.15) is 23.9 Å². The van der Waals surface area contributed by atoms with Crippen LogP contribution in [-0.4, -0.2) is 17.0 Å². The van der Waals surface area contributed by atoms with Crippen molar-refractivity contribution in [3.8, 4) is 6.07 Å². The van der Waals surface area contributed by atoms with E-state index in [4.69, 9.17) is 5.26 Å². The van der Waals surface area contributed by atoms with E-state index in [1.165, 1.54) is 0 Å². The van der Waals surface area contributed by atoms with Gasteiger partial charge in [-0.25, -0.2) is 9.97 Å². The molecular weight excluding hydrogens is 250 g/mol. The molecule has 1 aromatic heterocycles. The maximum atomic E-state index is 8.93. The van der Waals surface area contributed by atoms with Gasteiger partial charge in [0.1, 0.15) is 17.5 Å². The van der Waals surface area contributed by atoms with Crippen LogP contribution in [0, 0.1) is 18.3 Å². The Labute approximate surface area is 118 Å². The van der Waals surface area contributed by atoms with E-state index in [2.05, 4.69) is 26.7 Å². The van der Waals surface area contributed by atoms with Gasteiger partial charge in [0.05, 0.1) is 11.6 Å². The molecule has 2 aromatic rings. The number of aryl methyl sites for hydroxylation is 1. The molecule has 0 aliphatic heterocycles. The number of aromatic nitrogens is 2. The zero-order valence-corrected chi connectivity index (χ0v) is 11.9. The van der Waals surface area contributed by atoms with Crippen molar-refractivity contribution in [2.75, 3.05) is 17.7 Å². The number of rotatable bonds is 4. The Hall–Kier alpha value is -2.61. The molecule has 0 spiro atoms. The molecule has 2 N–H and O–H groups in total. The monoisotopic (exact) mass is 267 g/mol. The zero-order valence-electron chi connectivity index (χ0n) is 11.9. The highest BCUT2D eigenvalue weighted by Gasteiger charge is 2.09. The highest BCUT2D eigenvalue weighted by molar-refractivity contribution is 5.65. The fraction of sp³-hybridized carbons (Fsp3) is 0.267. The van der Waals surface area contributed by atoms with Crippen LogP contribution in [-0.2, 0) is 6.42 Å². The molecule has 102 valence electrons. The Kier molecular flexibility index (Phi) is 4.16. The lowest BCUT2D eigenvalue weighted by molar-refractivity contribution is 0.935. The first-order valence-electron chi connectivity index (χ1n) is 6.50. The second-order valence-corrected chi connectivity index (χ2v) is 4.38. The summed E-state index contributed by atoms with van der Waals surface area (Å²) in [4.78, 5) is 8.94. The van der Waals surface area contributed by atoms with E-state index < -0.39 is 0 Å². The second kappa shape index (κ2) is 6.02. The first kappa shape index (κ1) is 13.8. The normalized spacial score (nSPS) is 9.90. The van der Waals surface area contributed by atoms with Crippen LogP contribution in [0.5, 0.6) is 0 Å². The van der Waals surface area contributed by atoms with Gasteiger partial charge < -0.3 is 10.6 Å². The molecule has 0 amide bonds. The molecule has 1 heterocycles. The first-order valence-corrected chi connectivity index (χ1v) is 6.50. The number of nitrogens with one attached hydrogen (secondary N) is 2. The lowest BCUT2D eigenvalue weighted by Gasteiger charge is -2.13. The van der Waals surface area contributed by atoms with Gasteiger partial charge in [0.25, 0.3) is 0 Å². The van der Waals surface area contributed by atoms with Crippen LogP contribution >= 0.6 is 0 Å². The smallest absolute Gasteiger partial charge is 0.139 e. The van der Waals surface area contributed by atoms with Crippen molar-refractivity contribution in [1.82, 2.24) is 9.97 Å². The van der Waals surface area contributed by atoms with Gasteiger partial charge in [-0.3, -0.25) is 0 Å². The third-order valence-electron chi connectivity index (χ3n) is 3.00. The van der Waals surface area contributed by atoms with Crippen molar-refractivity contribution in [1.29, 1.82) is 5.26 Å². The predicted octanol–water partition coefficient (Wildman–Crippen LogP) is 3.00. The molecule has 0 fully saturated rings. The van der Waals surface area contributed by atoms with Crippen molar-refractivity contribution in [3.63, 3.8) is 0 Å². The van der Waals surface area contributed by atoms with Crippen molar-refractivity contribution in [2.24, 2.45) is 0 Å². The largest absolute Gasteiger partial charge is 0.373 e. The number of hydrogen-bond acceptors (Lipinski definition) is 5. The number of nitriles is 1. The van der Waals surface area contributed by atoms with Crippen LogP contribution < -0.4 is 10.6 Å². The van der Waals surface area contributed by atoms with E-state index in [1.807, 2.05) is 33.0 Å². The van der Waals surface area contributed by atoms with E-state index in [0.717, 1.165) is 35.1 Å². The molecule has 0 atom stereocenters. The molecule has 5 nitrogen and oxygen atoms in total. The number of benzene rings is 1. The minimum Gasteiger partial charge on any atom is -0.373 e. The van der Waals surface area contributed by atoms with Crippen LogP contribution in [0.4, 0.5) is 17.3 Å². The fourth-order valence-electron chi connectivity index (χ4n) is 1.89. The van der Waals surface area contributed by atoms with E-state index in [-0.39, 0.29) is 0 Å². The quantitative estimate of drug-likeness (QED) is 0.890. The Morgan fingerprint density at radius 3 is 2.65 bits per heavy atom. The van der Waals surface area contributed by atoms with Crippen molar-refractivity contribution >= 4 is 17.3 Å². The van der Waals surface area contributed by atoms with Gasteiger partial charge in [-0.15, -0.1) is 0 Å². The summed E-state index contributed by atoms with van der Waals surface area (Å²) in [6.07, 6.45) is 0.766. The first-order chi connectivity index (χ1) is 9.67. The summed E-state index contributed by atoms with van der Waals surface area (Å²) in [6.45, 7) is 3.98. The molecule has 0 saturated heterocycles. The summed E-state index contributed by atoms with van der Waals surface area (Å²) in [7, 11) is 1.84. The lowest BCUT2D eigenvalue weighted by atomic mass is 10.2. The SMILES string of the molecule is CCc1nc(NC)c(C)c(Nc2cccc(C#N)c2)n1. The predicted molar refractivity (Wildman–Crippen MR) is 80.1 cm³/mol. The van der Waals surface area contributed by atoms with Crippen LogP contribution in [0.25, 0.3) is 0 Å². The number of nitrogens with zero attached hydrogens (tertiary/aromatic N) is 3. The molecule has 0 bridgehead atoms. The Morgan fingerprint density at radius 1 is 1.25 bits per heavy atom. The van der Waals surface area contributed by atoms with Gasteiger partial charge in [0.2, 0.25) is 0 Å². The third kappa shape index (κ3) is 2.86. The molecule has 0 aliphatic carbocycles. The molecule has 1 aromatic carbocycles. The Balaban J connectivity index is 2.39. The highest BCUT2D eigenvalue weighted by atomic mass is 15.1. The average Bonchev–Trinajstić information content (AvgIpc) is 2.49. The number of hydrogen-bond donors (Lipinski definition) is 2. The fourth-order valence-corrected chi connectivity index (χ4v) is 1.89. The minimum absolute atomic E-state index is 0.617. The van der Waals surface area contributed by atoms with Gasteiger partial charge in [0, 0.05) is 24.7 Å². The van der Waals surface area contributed by atoms with Gasteiger partial charge >= 0.3 is 0 Å². The highest BCUT2D eigenvalue weighted by Crippen LogP contribution is 2.23. The third-order valence-corrected chi connectivity index (χ3v) is 3.00. The number of anilines is 3. The van der Waals surface area contributed by atoms with Crippen molar-refractivity contribution in [3.05, 3.63) is 41.2 Å². The van der Waals surface area contributed by atoms with E-state index >= 15 is 0 Å². The molecular formula is C15H17N5. The Morgan fingerprint density at radius 2 is 2.00 bits per heavy atom. The summed E-state index contributed by atoms with van der Waals surface area (Å²) >= 11 is 0. The van der Waals surface area contributed by atoms with Crippen molar-refractivity contribution < 1.29 is 0 Å². The molecule has 5 heteroatoms. The van der Waals surface area contributed by atoms with Gasteiger partial charge in [-0.1, -0.05) is 13.0 Å². The maximum Gasteiger partial charge on any atom is 0.139 e. The summed E-state index contributed by atoms with van der Waals surface area (Å²) in [5.74, 6) is 2.35. The topological polar surface area (TPSA) is 73.6 Å². The second-order valence-electron chi connectivity index (χ2n) is 4.38. The molecule has 0 aliphatic rings. The van der Waals surface area contributed by atoms with E-state index in [9.17, 15) is 0 Å². The van der Waals surface area contributed by atoms with E-state index in [0.29, 0.717) is 5.56 Å². The lowest BCUT2D eigenvalue weighted by Crippen LogP contribution is -2.06. The van der Waals surface area contributed by atoms with Crippen molar-refractivity contribution in [2.45, 2.75) is 20.3 Å². The van der Waals surface area contributed by atoms with Gasteiger partial charge in [-0.05, 0) is 25.1 Å². The van der Waals surface area contributed by atoms with Crippen LogP contribution in [0.3, 0.4) is 0 Å². The van der Waals surface area contributed by atoms with Gasteiger partial charge in [-0.2, -0.15) is 5.26 Å². The average molecular weight is 267 g/mol. The molecule has 0 saturated carbocycles.